The molecule has 0 radical (unpaired) electrons. The van der Waals surface area contributed by atoms with Crippen molar-refractivity contribution in [1.82, 2.24) is 20.4 Å². The van der Waals surface area contributed by atoms with Crippen LogP contribution in [0.4, 0.5) is 18.9 Å². The molecule has 37 heavy (non-hydrogen) atoms. The van der Waals surface area contributed by atoms with E-state index in [0.717, 1.165) is 64.2 Å². The van der Waals surface area contributed by atoms with Crippen molar-refractivity contribution in [2.75, 3.05) is 50.7 Å². The summed E-state index contributed by atoms with van der Waals surface area (Å²) in [6, 6.07) is 14.8. The summed E-state index contributed by atoms with van der Waals surface area (Å²) in [5.41, 5.74) is 0.213. The maximum Gasteiger partial charge on any atom is 0.416 e. The Labute approximate surface area is 215 Å². The molecule has 2 aliphatic heterocycles. The standard InChI is InChI=1S/C27H34F3N5O2/c1-20(19-33-13-15-34(16-14-33)23-9-3-2-4-10-23)35-12-6-11-24(35)32-25(36)18-31-26(37)21-7-5-8-22(17-21)27(28,29)30/h2-5,7-10,17,20,24H,6,11-16,18-19H2,1H3,(H,31,37)(H,32,36). The molecule has 200 valence electrons. The molecule has 7 nitrogen and oxygen atoms in total. The summed E-state index contributed by atoms with van der Waals surface area (Å²) in [6.45, 7) is 7.56. The van der Waals surface area contributed by atoms with Crippen LogP contribution in [0.15, 0.2) is 54.6 Å². The topological polar surface area (TPSA) is 67.9 Å². The number of likely N-dealkylation sites (tertiary alicyclic amines) is 1. The number of rotatable bonds is 8. The SMILES string of the molecule is CC(CN1CCN(c2ccccc2)CC1)N1CCCC1NC(=O)CNC(=O)c1cccc(C(F)(F)F)c1. The van der Waals surface area contributed by atoms with Crippen LogP contribution < -0.4 is 15.5 Å². The van der Waals surface area contributed by atoms with Gasteiger partial charge in [-0.2, -0.15) is 13.2 Å². The molecule has 0 bridgehead atoms. The summed E-state index contributed by atoms with van der Waals surface area (Å²) in [6.07, 6.45) is -2.88. The van der Waals surface area contributed by atoms with Gasteiger partial charge in [-0.15, -0.1) is 0 Å². The lowest BCUT2D eigenvalue weighted by molar-refractivity contribution is -0.137. The summed E-state index contributed by atoms with van der Waals surface area (Å²) < 4.78 is 38.7. The zero-order valence-electron chi connectivity index (χ0n) is 21.0. The molecule has 2 aliphatic rings. The van der Waals surface area contributed by atoms with Gasteiger partial charge < -0.3 is 15.5 Å². The summed E-state index contributed by atoms with van der Waals surface area (Å²) in [4.78, 5) is 32.0. The van der Waals surface area contributed by atoms with E-state index in [1.54, 1.807) is 0 Å². The van der Waals surface area contributed by atoms with Crippen LogP contribution in [-0.2, 0) is 11.0 Å². The van der Waals surface area contributed by atoms with Crippen molar-refractivity contribution in [2.24, 2.45) is 0 Å². The monoisotopic (exact) mass is 517 g/mol. The predicted molar refractivity (Wildman–Crippen MR) is 136 cm³/mol. The van der Waals surface area contributed by atoms with Gasteiger partial charge in [-0.05, 0) is 50.1 Å². The number of piperazine rings is 1. The Morgan fingerprint density at radius 2 is 1.73 bits per heavy atom. The van der Waals surface area contributed by atoms with Crippen LogP contribution in [0.2, 0.25) is 0 Å². The average Bonchev–Trinajstić information content (AvgIpc) is 3.36. The van der Waals surface area contributed by atoms with Gasteiger partial charge >= 0.3 is 6.18 Å². The number of nitrogens with one attached hydrogen (secondary N) is 2. The van der Waals surface area contributed by atoms with Crippen LogP contribution in [0.5, 0.6) is 0 Å². The van der Waals surface area contributed by atoms with E-state index in [-0.39, 0.29) is 30.2 Å². The molecule has 2 aromatic rings. The first-order valence-corrected chi connectivity index (χ1v) is 12.7. The van der Waals surface area contributed by atoms with Crippen LogP contribution in [0.1, 0.15) is 35.7 Å². The van der Waals surface area contributed by atoms with E-state index in [4.69, 9.17) is 0 Å². The van der Waals surface area contributed by atoms with E-state index in [1.807, 2.05) is 6.07 Å². The van der Waals surface area contributed by atoms with Gasteiger partial charge in [-0.25, -0.2) is 0 Å². The lowest BCUT2D eigenvalue weighted by atomic mass is 10.1. The number of nitrogens with zero attached hydrogens (tertiary/aromatic N) is 3. The highest BCUT2D eigenvalue weighted by atomic mass is 19.4. The average molecular weight is 518 g/mol. The number of alkyl halides is 3. The van der Waals surface area contributed by atoms with Gasteiger partial charge in [0.2, 0.25) is 5.91 Å². The minimum absolute atomic E-state index is 0.126. The maximum absolute atomic E-state index is 12.9. The normalized spacial score (nSPS) is 20.0. The van der Waals surface area contributed by atoms with Crippen molar-refractivity contribution in [2.45, 2.75) is 38.1 Å². The lowest BCUT2D eigenvalue weighted by Crippen LogP contribution is -2.55. The fourth-order valence-electron chi connectivity index (χ4n) is 5.11. The number of hydrogen-bond donors (Lipinski definition) is 2. The fraction of sp³-hybridized carbons (Fsp3) is 0.481. The molecule has 0 aromatic heterocycles. The Morgan fingerprint density at radius 3 is 2.43 bits per heavy atom. The molecule has 4 rings (SSSR count). The lowest BCUT2D eigenvalue weighted by Gasteiger charge is -2.39. The zero-order chi connectivity index (χ0) is 26.4. The van der Waals surface area contributed by atoms with Gasteiger partial charge in [0.1, 0.15) is 0 Å². The van der Waals surface area contributed by atoms with Crippen molar-refractivity contribution in [3.05, 3.63) is 65.7 Å². The van der Waals surface area contributed by atoms with Gasteiger partial charge in [0.25, 0.3) is 5.91 Å². The van der Waals surface area contributed by atoms with Crippen molar-refractivity contribution < 1.29 is 22.8 Å². The van der Waals surface area contributed by atoms with E-state index in [1.165, 1.54) is 17.8 Å². The first-order valence-electron chi connectivity index (χ1n) is 12.7. The molecule has 2 heterocycles. The highest BCUT2D eigenvalue weighted by Gasteiger charge is 2.32. The van der Waals surface area contributed by atoms with Gasteiger partial charge in [0.15, 0.2) is 0 Å². The molecule has 2 fully saturated rings. The van der Waals surface area contributed by atoms with Crippen molar-refractivity contribution in [1.29, 1.82) is 0 Å². The van der Waals surface area contributed by atoms with E-state index >= 15 is 0 Å². The largest absolute Gasteiger partial charge is 0.416 e. The minimum Gasteiger partial charge on any atom is -0.369 e. The number of carbonyl (C=O) groups excluding carboxylic acids is 2. The van der Waals surface area contributed by atoms with Gasteiger partial charge in [-0.3, -0.25) is 19.4 Å². The Hall–Kier alpha value is -3.11. The highest BCUT2D eigenvalue weighted by Crippen LogP contribution is 2.29. The molecular weight excluding hydrogens is 483 g/mol. The number of halogens is 3. The molecule has 2 saturated heterocycles. The van der Waals surface area contributed by atoms with Gasteiger partial charge in [0.05, 0.1) is 18.3 Å². The van der Waals surface area contributed by atoms with E-state index in [2.05, 4.69) is 56.5 Å². The Kier molecular flexibility index (Phi) is 8.71. The molecule has 2 aromatic carbocycles. The third-order valence-electron chi connectivity index (χ3n) is 7.07. The van der Waals surface area contributed by atoms with Gasteiger partial charge in [0, 0.05) is 56.6 Å². The van der Waals surface area contributed by atoms with Crippen LogP contribution >= 0.6 is 0 Å². The Bertz CT molecular complexity index is 1060. The second-order valence-corrected chi connectivity index (χ2v) is 9.70. The minimum atomic E-state index is -4.54. The third kappa shape index (κ3) is 7.23. The quantitative estimate of drug-likeness (QED) is 0.563. The summed E-state index contributed by atoms with van der Waals surface area (Å²) >= 11 is 0. The van der Waals surface area contributed by atoms with Crippen LogP contribution in [-0.4, -0.2) is 79.6 Å². The third-order valence-corrected chi connectivity index (χ3v) is 7.07. The summed E-state index contributed by atoms with van der Waals surface area (Å²) in [7, 11) is 0. The zero-order valence-corrected chi connectivity index (χ0v) is 21.0. The Balaban J connectivity index is 1.22. The smallest absolute Gasteiger partial charge is 0.369 e. The molecule has 2 N–H and O–H groups in total. The molecule has 0 aliphatic carbocycles. The first-order chi connectivity index (χ1) is 17.7. The van der Waals surface area contributed by atoms with Crippen molar-refractivity contribution in [3.63, 3.8) is 0 Å². The number of anilines is 1. The van der Waals surface area contributed by atoms with Crippen LogP contribution in [0, 0.1) is 0 Å². The van der Waals surface area contributed by atoms with E-state index in [0.29, 0.717) is 0 Å². The number of para-hydroxylation sites is 1. The summed E-state index contributed by atoms with van der Waals surface area (Å²) in [5.74, 6) is -1.08. The molecule has 2 amide bonds. The van der Waals surface area contributed by atoms with Crippen molar-refractivity contribution in [3.8, 4) is 0 Å². The molecule has 2 atom stereocenters. The molecule has 10 heteroatoms. The first kappa shape index (κ1) is 26.9. The number of amides is 2. The second-order valence-electron chi connectivity index (χ2n) is 9.70. The predicted octanol–water partition coefficient (Wildman–Crippen LogP) is 3.18. The van der Waals surface area contributed by atoms with Crippen LogP contribution in [0.25, 0.3) is 0 Å². The molecule has 0 saturated carbocycles. The number of benzene rings is 2. The summed E-state index contributed by atoms with van der Waals surface area (Å²) in [5, 5.41) is 5.41. The van der Waals surface area contributed by atoms with Crippen LogP contribution in [0.3, 0.4) is 0 Å². The van der Waals surface area contributed by atoms with E-state index < -0.39 is 17.6 Å². The number of carbonyl (C=O) groups is 2. The number of hydrogen-bond acceptors (Lipinski definition) is 5. The Morgan fingerprint density at radius 1 is 1.00 bits per heavy atom. The second kappa shape index (κ2) is 12.0. The highest BCUT2D eigenvalue weighted by molar-refractivity contribution is 5.96. The molecule has 2 unspecified atom stereocenters. The maximum atomic E-state index is 12.9. The molecule has 0 spiro atoms. The van der Waals surface area contributed by atoms with Gasteiger partial charge in [-0.1, -0.05) is 24.3 Å². The fourth-order valence-corrected chi connectivity index (χ4v) is 5.11. The molecular formula is C27H34F3N5O2. The van der Waals surface area contributed by atoms with E-state index in [9.17, 15) is 22.8 Å². The van der Waals surface area contributed by atoms with Crippen molar-refractivity contribution >= 4 is 17.5 Å².